The smallest absolute Gasteiger partial charge is 0.0800 e. The van der Waals surface area contributed by atoms with Gasteiger partial charge in [0, 0.05) is 4.47 Å². The van der Waals surface area contributed by atoms with Crippen molar-refractivity contribution in [2.45, 2.75) is 51.6 Å². The highest BCUT2D eigenvalue weighted by Crippen LogP contribution is 2.26. The van der Waals surface area contributed by atoms with Crippen LogP contribution in [0.3, 0.4) is 0 Å². The van der Waals surface area contributed by atoms with Crippen molar-refractivity contribution in [2.75, 3.05) is 0 Å². The molecule has 1 atom stereocenters. The molecule has 0 aliphatic rings. The number of aliphatic hydroxyl groups excluding tert-OH is 1. The maximum atomic E-state index is 10.0. The van der Waals surface area contributed by atoms with Gasteiger partial charge in [0.05, 0.1) is 6.10 Å². The molecule has 0 aromatic heterocycles. The first kappa shape index (κ1) is 13.7. The summed E-state index contributed by atoms with van der Waals surface area (Å²) in [6.07, 6.45) is 6.76. The number of halogens is 1. The van der Waals surface area contributed by atoms with Crippen LogP contribution in [0.5, 0.6) is 0 Å². The van der Waals surface area contributed by atoms with E-state index in [9.17, 15) is 5.11 Å². The summed E-state index contributed by atoms with van der Waals surface area (Å²) in [6, 6.07) is 7.92. The van der Waals surface area contributed by atoms with E-state index in [2.05, 4.69) is 22.9 Å². The molecule has 0 heterocycles. The van der Waals surface area contributed by atoms with Crippen LogP contribution in [0.15, 0.2) is 28.7 Å². The Bertz CT molecular complexity index is 299. The largest absolute Gasteiger partial charge is 0.388 e. The lowest BCUT2D eigenvalue weighted by atomic mass is 10.0. The quantitative estimate of drug-likeness (QED) is 0.710. The lowest BCUT2D eigenvalue weighted by Gasteiger charge is -2.12. The fraction of sp³-hybridized carbons (Fsp3) is 0.571. The fourth-order valence-electron chi connectivity index (χ4n) is 1.84. The number of hydrogen-bond donors (Lipinski definition) is 1. The number of hydrogen-bond acceptors (Lipinski definition) is 1. The molecule has 0 fully saturated rings. The van der Waals surface area contributed by atoms with Crippen LogP contribution in [0.2, 0.25) is 0 Å². The van der Waals surface area contributed by atoms with Gasteiger partial charge in [0.1, 0.15) is 0 Å². The second kappa shape index (κ2) is 7.86. The van der Waals surface area contributed by atoms with E-state index in [1.807, 2.05) is 24.3 Å². The Labute approximate surface area is 107 Å². The van der Waals surface area contributed by atoms with Gasteiger partial charge >= 0.3 is 0 Å². The van der Waals surface area contributed by atoms with Crippen LogP contribution in [0.25, 0.3) is 0 Å². The average molecular weight is 285 g/mol. The lowest BCUT2D eigenvalue weighted by Crippen LogP contribution is -1.98. The summed E-state index contributed by atoms with van der Waals surface area (Å²) in [7, 11) is 0. The molecular weight excluding hydrogens is 264 g/mol. The van der Waals surface area contributed by atoms with Crippen LogP contribution in [0.4, 0.5) is 0 Å². The molecule has 0 saturated heterocycles. The van der Waals surface area contributed by atoms with Crippen molar-refractivity contribution in [1.82, 2.24) is 0 Å². The summed E-state index contributed by atoms with van der Waals surface area (Å²) in [4.78, 5) is 0. The SMILES string of the molecule is CCCCCCC[C@H](O)c1ccccc1Br. The monoisotopic (exact) mass is 284 g/mol. The predicted octanol–water partition coefficient (Wildman–Crippen LogP) is 4.84. The highest BCUT2D eigenvalue weighted by molar-refractivity contribution is 9.10. The highest BCUT2D eigenvalue weighted by Gasteiger charge is 2.09. The van der Waals surface area contributed by atoms with Gasteiger partial charge in [0.15, 0.2) is 0 Å². The second-order valence-corrected chi connectivity index (χ2v) is 5.09. The van der Waals surface area contributed by atoms with Crippen molar-refractivity contribution in [3.05, 3.63) is 34.3 Å². The van der Waals surface area contributed by atoms with E-state index in [0.29, 0.717) is 0 Å². The number of benzene rings is 1. The zero-order chi connectivity index (χ0) is 11.8. The third-order valence-corrected chi connectivity index (χ3v) is 3.57. The van der Waals surface area contributed by atoms with Gasteiger partial charge in [-0.15, -0.1) is 0 Å². The molecule has 0 unspecified atom stereocenters. The Morgan fingerprint density at radius 2 is 1.81 bits per heavy atom. The lowest BCUT2D eigenvalue weighted by molar-refractivity contribution is 0.162. The standard InChI is InChI=1S/C14H21BrO/c1-2-3-4-5-6-11-14(16)12-9-7-8-10-13(12)15/h7-10,14,16H,2-6,11H2,1H3/t14-/m0/s1. The van der Waals surface area contributed by atoms with Crippen molar-refractivity contribution >= 4 is 15.9 Å². The van der Waals surface area contributed by atoms with Crippen LogP contribution in [-0.4, -0.2) is 5.11 Å². The molecule has 1 N–H and O–H groups in total. The van der Waals surface area contributed by atoms with Crippen LogP contribution in [0, 0.1) is 0 Å². The minimum atomic E-state index is -0.322. The predicted molar refractivity (Wildman–Crippen MR) is 72.5 cm³/mol. The third kappa shape index (κ3) is 4.67. The zero-order valence-corrected chi connectivity index (χ0v) is 11.5. The molecule has 0 aliphatic carbocycles. The molecule has 1 aromatic carbocycles. The Morgan fingerprint density at radius 1 is 1.12 bits per heavy atom. The van der Waals surface area contributed by atoms with E-state index in [1.54, 1.807) is 0 Å². The number of unbranched alkanes of at least 4 members (excludes halogenated alkanes) is 4. The molecule has 0 spiro atoms. The molecule has 0 bridgehead atoms. The van der Waals surface area contributed by atoms with Crippen LogP contribution >= 0.6 is 15.9 Å². The number of aliphatic hydroxyl groups is 1. The molecule has 0 aliphatic heterocycles. The van der Waals surface area contributed by atoms with Gasteiger partial charge in [-0.1, -0.05) is 73.2 Å². The first-order chi connectivity index (χ1) is 7.75. The maximum Gasteiger partial charge on any atom is 0.0800 e. The van der Waals surface area contributed by atoms with Crippen molar-refractivity contribution < 1.29 is 5.11 Å². The van der Waals surface area contributed by atoms with E-state index in [4.69, 9.17) is 0 Å². The van der Waals surface area contributed by atoms with E-state index < -0.39 is 0 Å². The van der Waals surface area contributed by atoms with Crippen molar-refractivity contribution in [3.63, 3.8) is 0 Å². The maximum absolute atomic E-state index is 10.0. The van der Waals surface area contributed by atoms with Gasteiger partial charge in [-0.3, -0.25) is 0 Å². The minimum Gasteiger partial charge on any atom is -0.388 e. The molecule has 16 heavy (non-hydrogen) atoms. The third-order valence-electron chi connectivity index (χ3n) is 2.85. The Hall–Kier alpha value is -0.340. The van der Waals surface area contributed by atoms with Gasteiger partial charge in [-0.05, 0) is 18.1 Å². The summed E-state index contributed by atoms with van der Waals surface area (Å²) in [5.41, 5.74) is 1.01. The molecular formula is C14H21BrO. The molecule has 2 heteroatoms. The number of rotatable bonds is 7. The molecule has 1 nitrogen and oxygen atoms in total. The average Bonchev–Trinajstić information content (AvgIpc) is 2.29. The first-order valence-corrected chi connectivity index (χ1v) is 6.97. The molecule has 0 radical (unpaired) electrons. The molecule has 90 valence electrons. The van der Waals surface area contributed by atoms with E-state index in [1.165, 1.54) is 25.7 Å². The Morgan fingerprint density at radius 3 is 2.50 bits per heavy atom. The van der Waals surface area contributed by atoms with Gasteiger partial charge < -0.3 is 5.11 Å². The van der Waals surface area contributed by atoms with Gasteiger partial charge in [-0.2, -0.15) is 0 Å². The molecule has 1 rings (SSSR count). The zero-order valence-electron chi connectivity index (χ0n) is 9.95. The first-order valence-electron chi connectivity index (χ1n) is 6.18. The summed E-state index contributed by atoms with van der Waals surface area (Å²) in [5, 5.41) is 10.0. The van der Waals surface area contributed by atoms with Crippen molar-refractivity contribution in [1.29, 1.82) is 0 Å². The van der Waals surface area contributed by atoms with E-state index >= 15 is 0 Å². The normalized spacial score (nSPS) is 12.7. The molecule has 0 amide bonds. The Balaban J connectivity index is 2.30. The molecule has 1 aromatic rings. The van der Waals surface area contributed by atoms with Gasteiger partial charge in [0.2, 0.25) is 0 Å². The second-order valence-electron chi connectivity index (χ2n) is 4.24. The summed E-state index contributed by atoms with van der Waals surface area (Å²) < 4.78 is 1.01. The van der Waals surface area contributed by atoms with Crippen molar-refractivity contribution in [3.8, 4) is 0 Å². The van der Waals surface area contributed by atoms with E-state index in [0.717, 1.165) is 22.9 Å². The topological polar surface area (TPSA) is 20.2 Å². The van der Waals surface area contributed by atoms with Gasteiger partial charge in [0.25, 0.3) is 0 Å². The van der Waals surface area contributed by atoms with Crippen LogP contribution in [-0.2, 0) is 0 Å². The minimum absolute atomic E-state index is 0.322. The van der Waals surface area contributed by atoms with Crippen molar-refractivity contribution in [2.24, 2.45) is 0 Å². The van der Waals surface area contributed by atoms with Crippen LogP contribution in [0.1, 0.15) is 57.1 Å². The Kier molecular flexibility index (Phi) is 6.74. The highest BCUT2D eigenvalue weighted by atomic mass is 79.9. The summed E-state index contributed by atoms with van der Waals surface area (Å²) in [6.45, 7) is 2.22. The van der Waals surface area contributed by atoms with E-state index in [-0.39, 0.29) is 6.10 Å². The summed E-state index contributed by atoms with van der Waals surface area (Å²) >= 11 is 3.47. The fourth-order valence-corrected chi connectivity index (χ4v) is 2.39. The summed E-state index contributed by atoms with van der Waals surface area (Å²) in [5.74, 6) is 0. The van der Waals surface area contributed by atoms with Gasteiger partial charge in [-0.25, -0.2) is 0 Å². The molecule has 0 saturated carbocycles. The van der Waals surface area contributed by atoms with Crippen LogP contribution < -0.4 is 0 Å².